The lowest BCUT2D eigenvalue weighted by molar-refractivity contribution is -0.123. The van der Waals surface area contributed by atoms with Crippen LogP contribution in [0.3, 0.4) is 0 Å². The minimum Gasteiger partial charge on any atom is -0.469 e. The molecule has 0 bridgehead atoms. The van der Waals surface area contributed by atoms with E-state index in [9.17, 15) is 9.59 Å². The van der Waals surface area contributed by atoms with Gasteiger partial charge in [-0.05, 0) is 12.1 Å². The standard InChI is InChI=1S/C12H15N3O3/c1-15(7-6-9-3-2-8-18-9)12(17)10-4-5-11(16)14-13-10/h2-3,8H,4-7H2,1H3,(H,14,16). The van der Waals surface area contributed by atoms with Crippen LogP contribution in [0.4, 0.5) is 0 Å². The Kier molecular flexibility index (Phi) is 3.76. The van der Waals surface area contributed by atoms with Crippen molar-refractivity contribution in [2.45, 2.75) is 19.3 Å². The van der Waals surface area contributed by atoms with Gasteiger partial charge in [-0.1, -0.05) is 0 Å². The average molecular weight is 249 g/mol. The van der Waals surface area contributed by atoms with Crippen LogP contribution < -0.4 is 5.43 Å². The van der Waals surface area contributed by atoms with E-state index in [0.29, 0.717) is 31.5 Å². The molecule has 0 atom stereocenters. The second-order valence-electron chi connectivity index (χ2n) is 4.15. The van der Waals surface area contributed by atoms with Crippen LogP contribution in [-0.4, -0.2) is 36.0 Å². The van der Waals surface area contributed by atoms with Crippen LogP contribution in [0.5, 0.6) is 0 Å². The summed E-state index contributed by atoms with van der Waals surface area (Å²) < 4.78 is 5.20. The molecule has 0 radical (unpaired) electrons. The SMILES string of the molecule is CN(CCc1ccco1)C(=O)C1=NNC(=O)CC1. The van der Waals surface area contributed by atoms with Crippen LogP contribution in [0.1, 0.15) is 18.6 Å². The molecule has 0 fully saturated rings. The Hall–Kier alpha value is -2.11. The minimum atomic E-state index is -0.151. The minimum absolute atomic E-state index is 0.148. The van der Waals surface area contributed by atoms with E-state index in [2.05, 4.69) is 10.5 Å². The highest BCUT2D eigenvalue weighted by molar-refractivity contribution is 6.39. The molecule has 1 aliphatic heterocycles. The molecule has 6 heteroatoms. The molecule has 0 saturated carbocycles. The van der Waals surface area contributed by atoms with Gasteiger partial charge in [-0.3, -0.25) is 9.59 Å². The number of hydrogen-bond donors (Lipinski definition) is 1. The van der Waals surface area contributed by atoms with Gasteiger partial charge >= 0.3 is 0 Å². The number of hydrogen-bond acceptors (Lipinski definition) is 4. The molecule has 1 aromatic rings. The van der Waals surface area contributed by atoms with E-state index in [0.717, 1.165) is 5.76 Å². The van der Waals surface area contributed by atoms with E-state index in [4.69, 9.17) is 4.42 Å². The van der Waals surface area contributed by atoms with Gasteiger partial charge in [-0.25, -0.2) is 5.43 Å². The zero-order valence-corrected chi connectivity index (χ0v) is 10.2. The first kappa shape index (κ1) is 12.3. The fourth-order valence-electron chi connectivity index (χ4n) is 1.68. The van der Waals surface area contributed by atoms with Gasteiger partial charge in [-0.15, -0.1) is 0 Å². The number of furan rings is 1. The van der Waals surface area contributed by atoms with Crippen molar-refractivity contribution in [3.63, 3.8) is 0 Å². The topological polar surface area (TPSA) is 74.9 Å². The van der Waals surface area contributed by atoms with Gasteiger partial charge in [0.1, 0.15) is 11.5 Å². The van der Waals surface area contributed by atoms with Gasteiger partial charge in [0, 0.05) is 32.9 Å². The van der Waals surface area contributed by atoms with E-state index in [1.54, 1.807) is 18.2 Å². The summed E-state index contributed by atoms with van der Waals surface area (Å²) in [4.78, 5) is 24.5. The number of carbonyl (C=O) groups is 2. The molecule has 0 aromatic carbocycles. The molecule has 0 saturated heterocycles. The highest BCUT2D eigenvalue weighted by atomic mass is 16.3. The van der Waals surface area contributed by atoms with Crippen molar-refractivity contribution in [2.75, 3.05) is 13.6 Å². The number of hydrazone groups is 1. The largest absolute Gasteiger partial charge is 0.469 e. The summed E-state index contributed by atoms with van der Waals surface area (Å²) >= 11 is 0. The first-order valence-corrected chi connectivity index (χ1v) is 5.80. The van der Waals surface area contributed by atoms with Crippen molar-refractivity contribution in [1.29, 1.82) is 0 Å². The molecule has 2 heterocycles. The van der Waals surface area contributed by atoms with E-state index in [1.165, 1.54) is 0 Å². The summed E-state index contributed by atoms with van der Waals surface area (Å²) in [5.41, 5.74) is 2.72. The summed E-state index contributed by atoms with van der Waals surface area (Å²) in [6.07, 6.45) is 2.99. The van der Waals surface area contributed by atoms with Gasteiger partial charge < -0.3 is 9.32 Å². The van der Waals surface area contributed by atoms with Gasteiger partial charge in [0.2, 0.25) is 5.91 Å². The molecule has 2 rings (SSSR count). The third-order valence-electron chi connectivity index (χ3n) is 2.77. The Balaban J connectivity index is 1.87. The molecular formula is C12H15N3O3. The van der Waals surface area contributed by atoms with Crippen molar-refractivity contribution < 1.29 is 14.0 Å². The van der Waals surface area contributed by atoms with E-state index in [1.807, 2.05) is 12.1 Å². The normalized spacial score (nSPS) is 14.9. The van der Waals surface area contributed by atoms with E-state index < -0.39 is 0 Å². The fourth-order valence-corrected chi connectivity index (χ4v) is 1.68. The Labute approximate surface area is 105 Å². The van der Waals surface area contributed by atoms with Crippen molar-refractivity contribution in [1.82, 2.24) is 10.3 Å². The third-order valence-corrected chi connectivity index (χ3v) is 2.77. The van der Waals surface area contributed by atoms with E-state index in [-0.39, 0.29) is 11.8 Å². The Bertz CT molecular complexity index is 465. The highest BCUT2D eigenvalue weighted by Crippen LogP contribution is 2.05. The maximum atomic E-state index is 12.0. The van der Waals surface area contributed by atoms with Crippen LogP contribution >= 0.6 is 0 Å². The lowest BCUT2D eigenvalue weighted by Gasteiger charge is -2.19. The predicted octanol–water partition coefficient (Wildman–Crippen LogP) is 0.546. The third kappa shape index (κ3) is 2.97. The molecule has 18 heavy (non-hydrogen) atoms. The van der Waals surface area contributed by atoms with Gasteiger partial charge in [0.25, 0.3) is 5.91 Å². The monoisotopic (exact) mass is 249 g/mol. The second kappa shape index (κ2) is 5.48. The van der Waals surface area contributed by atoms with Crippen molar-refractivity contribution in [2.24, 2.45) is 5.10 Å². The van der Waals surface area contributed by atoms with Crippen LogP contribution in [-0.2, 0) is 16.0 Å². The number of nitrogens with one attached hydrogen (secondary N) is 1. The first-order chi connectivity index (χ1) is 8.66. The van der Waals surface area contributed by atoms with Crippen LogP contribution in [0.2, 0.25) is 0 Å². The summed E-state index contributed by atoms with van der Waals surface area (Å²) in [5.74, 6) is 0.542. The van der Waals surface area contributed by atoms with Gasteiger partial charge in [-0.2, -0.15) is 5.10 Å². The molecule has 0 unspecified atom stereocenters. The number of likely N-dealkylation sites (N-methyl/N-ethyl adjacent to an activating group) is 1. The first-order valence-electron chi connectivity index (χ1n) is 5.80. The highest BCUT2D eigenvalue weighted by Gasteiger charge is 2.21. The van der Waals surface area contributed by atoms with Crippen LogP contribution in [0, 0.1) is 0 Å². The predicted molar refractivity (Wildman–Crippen MR) is 64.9 cm³/mol. The summed E-state index contributed by atoms with van der Waals surface area (Å²) in [7, 11) is 1.71. The molecule has 0 aliphatic carbocycles. The maximum Gasteiger partial charge on any atom is 0.269 e. The number of amides is 2. The lowest BCUT2D eigenvalue weighted by atomic mass is 10.1. The van der Waals surface area contributed by atoms with E-state index >= 15 is 0 Å². The zero-order valence-electron chi connectivity index (χ0n) is 10.2. The summed E-state index contributed by atoms with van der Waals surface area (Å²) in [5, 5.41) is 3.78. The Morgan fingerprint density at radius 3 is 3.00 bits per heavy atom. The number of nitrogens with zero attached hydrogens (tertiary/aromatic N) is 2. The number of carbonyl (C=O) groups excluding carboxylic acids is 2. The Morgan fingerprint density at radius 1 is 1.56 bits per heavy atom. The summed E-state index contributed by atoms with van der Waals surface area (Å²) in [6, 6.07) is 3.69. The Morgan fingerprint density at radius 2 is 2.39 bits per heavy atom. The second-order valence-corrected chi connectivity index (χ2v) is 4.15. The van der Waals surface area contributed by atoms with Crippen molar-refractivity contribution >= 4 is 17.5 Å². The fraction of sp³-hybridized carbons (Fsp3) is 0.417. The van der Waals surface area contributed by atoms with Crippen molar-refractivity contribution in [3.8, 4) is 0 Å². The average Bonchev–Trinajstić information content (AvgIpc) is 2.89. The molecule has 1 aliphatic rings. The molecule has 1 aromatic heterocycles. The van der Waals surface area contributed by atoms with Crippen LogP contribution in [0.15, 0.2) is 27.9 Å². The smallest absolute Gasteiger partial charge is 0.269 e. The molecule has 1 N–H and O–H groups in total. The maximum absolute atomic E-state index is 12.0. The number of rotatable bonds is 4. The summed E-state index contributed by atoms with van der Waals surface area (Å²) in [6.45, 7) is 0.555. The zero-order chi connectivity index (χ0) is 13.0. The molecule has 6 nitrogen and oxygen atoms in total. The van der Waals surface area contributed by atoms with Crippen LogP contribution in [0.25, 0.3) is 0 Å². The van der Waals surface area contributed by atoms with Gasteiger partial charge in [0.15, 0.2) is 0 Å². The molecular weight excluding hydrogens is 234 g/mol. The molecule has 0 spiro atoms. The van der Waals surface area contributed by atoms with Crippen molar-refractivity contribution in [3.05, 3.63) is 24.2 Å². The molecule has 2 amide bonds. The van der Waals surface area contributed by atoms with Gasteiger partial charge in [0.05, 0.1) is 6.26 Å². The lowest BCUT2D eigenvalue weighted by Crippen LogP contribution is -2.38. The quantitative estimate of drug-likeness (QED) is 0.846. The molecule has 96 valence electrons.